The topological polar surface area (TPSA) is 70.7 Å². The van der Waals surface area contributed by atoms with Crippen LogP contribution in [0.4, 0.5) is 0 Å². The fraction of sp³-hybridized carbons (Fsp3) is 0.0625. The van der Waals surface area contributed by atoms with Crippen molar-refractivity contribution in [1.82, 2.24) is 0 Å². The van der Waals surface area contributed by atoms with Crippen LogP contribution in [0.1, 0.15) is 5.56 Å². The molecule has 2 N–H and O–H groups in total. The minimum absolute atomic E-state index is 0.0703. The number of halogens is 2. The number of phenolic OH excluding ortho intramolecular Hbond substituents is 2. The van der Waals surface area contributed by atoms with E-state index < -0.39 is 0 Å². The van der Waals surface area contributed by atoms with Gasteiger partial charge in [0, 0.05) is 11.1 Å². The normalized spacial score (nSPS) is 11.0. The lowest BCUT2D eigenvalue weighted by Gasteiger charge is -2.10. The molecule has 0 atom stereocenters. The molecule has 2 aromatic carbocycles. The predicted octanol–water partition coefficient (Wildman–Crippen LogP) is 4.39. The van der Waals surface area contributed by atoms with E-state index in [4.69, 9.17) is 4.42 Å². The van der Waals surface area contributed by atoms with Gasteiger partial charge in [0.05, 0.1) is 12.5 Å². The van der Waals surface area contributed by atoms with Crippen LogP contribution in [0.2, 0.25) is 0 Å². The summed E-state index contributed by atoms with van der Waals surface area (Å²) in [5.74, 6) is 0.530. The van der Waals surface area contributed by atoms with Gasteiger partial charge in [-0.25, -0.2) is 0 Å². The van der Waals surface area contributed by atoms with Gasteiger partial charge in [0.2, 0.25) is 0 Å². The molecule has 1 heterocycles. The molecule has 0 saturated heterocycles. The van der Waals surface area contributed by atoms with E-state index >= 15 is 0 Å². The highest BCUT2D eigenvalue weighted by atomic mass is 127. The molecule has 0 amide bonds. The molecular weight excluding hydrogens is 510 g/mol. The first-order chi connectivity index (χ1) is 10.4. The summed E-state index contributed by atoms with van der Waals surface area (Å²) < 4.78 is 7.13. The summed E-state index contributed by atoms with van der Waals surface area (Å²) in [7, 11) is 0. The van der Waals surface area contributed by atoms with Gasteiger partial charge in [0.15, 0.2) is 16.8 Å². The second-order valence-corrected chi connectivity index (χ2v) is 7.15. The first-order valence-corrected chi connectivity index (χ1v) is 8.49. The van der Waals surface area contributed by atoms with Crippen molar-refractivity contribution in [2.75, 3.05) is 0 Å². The molecule has 6 heteroatoms. The minimum Gasteiger partial charge on any atom is -0.506 e. The number of phenols is 2. The van der Waals surface area contributed by atoms with Crippen LogP contribution in [-0.2, 0) is 0 Å². The van der Waals surface area contributed by atoms with Crippen molar-refractivity contribution in [3.63, 3.8) is 0 Å². The zero-order chi connectivity index (χ0) is 16.0. The van der Waals surface area contributed by atoms with Gasteiger partial charge in [0.1, 0.15) is 11.5 Å². The standard InChI is InChI=1S/C16H10I2O4/c1-7-13(20)9-3-2-4-12(19)16(9)22-15(7)8-5-10(17)14(21)11(18)6-8/h2-6,19,21H,1H3. The third kappa shape index (κ3) is 2.47. The molecule has 0 saturated carbocycles. The van der Waals surface area contributed by atoms with Crippen molar-refractivity contribution in [2.45, 2.75) is 6.92 Å². The molecule has 3 rings (SSSR count). The summed E-state index contributed by atoms with van der Waals surface area (Å²) in [6.07, 6.45) is 0. The lowest BCUT2D eigenvalue weighted by molar-refractivity contribution is 0.463. The average molecular weight is 520 g/mol. The summed E-state index contributed by atoms with van der Waals surface area (Å²) in [6.45, 7) is 1.69. The molecule has 0 aliphatic carbocycles. The second kappa shape index (κ2) is 5.73. The van der Waals surface area contributed by atoms with E-state index in [9.17, 15) is 15.0 Å². The highest BCUT2D eigenvalue weighted by Crippen LogP contribution is 2.35. The highest BCUT2D eigenvalue weighted by Gasteiger charge is 2.16. The van der Waals surface area contributed by atoms with Gasteiger partial charge in [-0.15, -0.1) is 0 Å². The number of rotatable bonds is 1. The molecule has 3 aromatic rings. The number of fused-ring (bicyclic) bond motifs is 1. The van der Waals surface area contributed by atoms with Crippen LogP contribution in [-0.4, -0.2) is 10.2 Å². The first-order valence-electron chi connectivity index (χ1n) is 6.34. The van der Waals surface area contributed by atoms with E-state index in [1.165, 1.54) is 6.07 Å². The maximum absolute atomic E-state index is 12.5. The Morgan fingerprint density at radius 1 is 1.09 bits per heavy atom. The molecule has 0 radical (unpaired) electrons. The Labute approximate surface area is 153 Å². The van der Waals surface area contributed by atoms with Gasteiger partial charge in [-0.3, -0.25) is 4.79 Å². The van der Waals surface area contributed by atoms with Gasteiger partial charge in [0.25, 0.3) is 0 Å². The van der Waals surface area contributed by atoms with Crippen molar-refractivity contribution >= 4 is 56.2 Å². The average Bonchev–Trinajstić information content (AvgIpc) is 2.48. The van der Waals surface area contributed by atoms with E-state index in [1.54, 1.807) is 31.2 Å². The van der Waals surface area contributed by atoms with Crippen LogP contribution < -0.4 is 5.43 Å². The fourth-order valence-corrected chi connectivity index (χ4v) is 4.03. The molecule has 1 aromatic heterocycles. The minimum atomic E-state index is -0.176. The fourth-order valence-electron chi connectivity index (χ4n) is 2.27. The molecule has 0 spiro atoms. The molecule has 0 aliphatic heterocycles. The number of para-hydroxylation sites is 1. The Morgan fingerprint density at radius 3 is 2.36 bits per heavy atom. The predicted molar refractivity (Wildman–Crippen MR) is 101 cm³/mol. The molecule has 4 nitrogen and oxygen atoms in total. The lowest BCUT2D eigenvalue weighted by atomic mass is 10.1. The summed E-state index contributed by atoms with van der Waals surface area (Å²) in [4.78, 5) is 12.5. The van der Waals surface area contributed by atoms with Gasteiger partial charge in [-0.1, -0.05) is 6.07 Å². The van der Waals surface area contributed by atoms with E-state index in [0.29, 0.717) is 29.4 Å². The third-order valence-electron chi connectivity index (χ3n) is 3.40. The molecule has 112 valence electrons. The zero-order valence-corrected chi connectivity index (χ0v) is 15.7. The third-order valence-corrected chi connectivity index (χ3v) is 5.05. The van der Waals surface area contributed by atoms with E-state index in [0.717, 1.165) is 0 Å². The summed E-state index contributed by atoms with van der Waals surface area (Å²) >= 11 is 4.05. The summed E-state index contributed by atoms with van der Waals surface area (Å²) in [5, 5.41) is 20.2. The highest BCUT2D eigenvalue weighted by molar-refractivity contribution is 14.1. The van der Waals surface area contributed by atoms with Crippen molar-refractivity contribution in [3.05, 3.63) is 53.3 Å². The zero-order valence-electron chi connectivity index (χ0n) is 11.4. The molecule has 0 fully saturated rings. The van der Waals surface area contributed by atoms with Crippen LogP contribution in [0.5, 0.6) is 11.5 Å². The van der Waals surface area contributed by atoms with Crippen molar-refractivity contribution < 1.29 is 14.6 Å². The molecule has 22 heavy (non-hydrogen) atoms. The number of benzene rings is 2. The largest absolute Gasteiger partial charge is 0.506 e. The maximum Gasteiger partial charge on any atom is 0.196 e. The van der Waals surface area contributed by atoms with Crippen LogP contribution >= 0.6 is 45.2 Å². The monoisotopic (exact) mass is 520 g/mol. The smallest absolute Gasteiger partial charge is 0.196 e. The first kappa shape index (κ1) is 15.6. The Morgan fingerprint density at radius 2 is 1.73 bits per heavy atom. The van der Waals surface area contributed by atoms with Crippen LogP contribution in [0.3, 0.4) is 0 Å². The van der Waals surface area contributed by atoms with Crippen LogP contribution in [0.15, 0.2) is 39.5 Å². The second-order valence-electron chi connectivity index (χ2n) is 4.83. The Hall–Kier alpha value is -1.29. The van der Waals surface area contributed by atoms with Crippen molar-refractivity contribution in [1.29, 1.82) is 0 Å². The van der Waals surface area contributed by atoms with Crippen LogP contribution in [0, 0.1) is 14.1 Å². The van der Waals surface area contributed by atoms with Crippen LogP contribution in [0.25, 0.3) is 22.3 Å². The molecule has 0 bridgehead atoms. The van der Waals surface area contributed by atoms with E-state index in [2.05, 4.69) is 0 Å². The number of hydrogen-bond donors (Lipinski definition) is 2. The van der Waals surface area contributed by atoms with Gasteiger partial charge < -0.3 is 14.6 Å². The lowest BCUT2D eigenvalue weighted by Crippen LogP contribution is -2.07. The molecular formula is C16H10I2O4. The Kier molecular flexibility index (Phi) is 4.06. The van der Waals surface area contributed by atoms with Crippen molar-refractivity contribution in [2.24, 2.45) is 0 Å². The van der Waals surface area contributed by atoms with Gasteiger partial charge >= 0.3 is 0 Å². The van der Waals surface area contributed by atoms with E-state index in [-0.39, 0.29) is 22.5 Å². The van der Waals surface area contributed by atoms with Crippen molar-refractivity contribution in [3.8, 4) is 22.8 Å². The Balaban J connectivity index is 2.39. The summed E-state index contributed by atoms with van der Waals surface area (Å²) in [6, 6.07) is 8.21. The number of aromatic hydroxyl groups is 2. The SMILES string of the molecule is Cc1c(-c2cc(I)c(O)c(I)c2)oc2c(O)cccc2c1=O. The quantitative estimate of drug-likeness (QED) is 0.468. The summed E-state index contributed by atoms with van der Waals surface area (Å²) in [5.41, 5.74) is 1.15. The van der Waals surface area contributed by atoms with Gasteiger partial charge in [-0.05, 0) is 76.4 Å². The number of hydrogen-bond acceptors (Lipinski definition) is 4. The Bertz CT molecular complexity index is 937. The maximum atomic E-state index is 12.5. The molecule has 0 aliphatic rings. The van der Waals surface area contributed by atoms with E-state index in [1.807, 2.05) is 45.2 Å². The van der Waals surface area contributed by atoms with Gasteiger partial charge in [-0.2, -0.15) is 0 Å². The molecule has 0 unspecified atom stereocenters.